The van der Waals surface area contributed by atoms with Crippen LogP contribution in [0.25, 0.3) is 15.9 Å². The van der Waals surface area contributed by atoms with Crippen molar-refractivity contribution >= 4 is 33.4 Å². The van der Waals surface area contributed by atoms with Gasteiger partial charge >= 0.3 is 6.18 Å². The van der Waals surface area contributed by atoms with E-state index >= 15 is 0 Å². The standard InChI is InChI=1S/C23H18F4N4O2S/c1-13-5-7-16(8-6-13)31-22-17(19(30-31)23(25,26)27)12-18(34-22)21(33)29-10-9-28-20(32)14-3-2-4-15(24)11-14/h2-8,11-12H,9-10H2,1H3,(H,28,32)(H,29,33). The molecule has 0 unspecified atom stereocenters. The van der Waals surface area contributed by atoms with Crippen molar-refractivity contribution in [3.8, 4) is 5.69 Å². The van der Waals surface area contributed by atoms with Gasteiger partial charge in [-0.15, -0.1) is 11.3 Å². The molecule has 0 aliphatic rings. The van der Waals surface area contributed by atoms with Crippen molar-refractivity contribution < 1.29 is 27.2 Å². The number of alkyl halides is 3. The quantitative estimate of drug-likeness (QED) is 0.304. The minimum atomic E-state index is -4.69. The van der Waals surface area contributed by atoms with Crippen LogP contribution in [-0.4, -0.2) is 34.7 Å². The third-order valence-electron chi connectivity index (χ3n) is 4.91. The Kier molecular flexibility index (Phi) is 6.38. The zero-order valence-corrected chi connectivity index (χ0v) is 18.6. The monoisotopic (exact) mass is 490 g/mol. The zero-order valence-electron chi connectivity index (χ0n) is 17.7. The molecule has 0 saturated heterocycles. The van der Waals surface area contributed by atoms with Crippen LogP contribution in [0.4, 0.5) is 17.6 Å². The van der Waals surface area contributed by atoms with Crippen molar-refractivity contribution in [2.24, 2.45) is 0 Å². The van der Waals surface area contributed by atoms with Crippen molar-refractivity contribution in [1.29, 1.82) is 0 Å². The molecule has 6 nitrogen and oxygen atoms in total. The van der Waals surface area contributed by atoms with Gasteiger partial charge in [-0.25, -0.2) is 9.07 Å². The molecule has 0 saturated carbocycles. The van der Waals surface area contributed by atoms with Crippen LogP contribution in [-0.2, 0) is 6.18 Å². The van der Waals surface area contributed by atoms with Crippen LogP contribution >= 0.6 is 11.3 Å². The number of amides is 2. The molecule has 2 aromatic carbocycles. The molecule has 0 aliphatic heterocycles. The molecule has 4 rings (SSSR count). The summed E-state index contributed by atoms with van der Waals surface area (Å²) in [6.07, 6.45) is -4.69. The Morgan fingerprint density at radius 2 is 1.68 bits per heavy atom. The van der Waals surface area contributed by atoms with Crippen LogP contribution in [0.5, 0.6) is 0 Å². The summed E-state index contributed by atoms with van der Waals surface area (Å²) in [5.41, 5.74) is 0.454. The van der Waals surface area contributed by atoms with Crippen LogP contribution in [0.2, 0.25) is 0 Å². The number of hydrogen-bond acceptors (Lipinski definition) is 4. The summed E-state index contributed by atoms with van der Waals surface area (Å²) in [7, 11) is 0. The van der Waals surface area contributed by atoms with Gasteiger partial charge in [-0.3, -0.25) is 9.59 Å². The molecule has 11 heteroatoms. The Morgan fingerprint density at radius 1 is 1.00 bits per heavy atom. The fourth-order valence-corrected chi connectivity index (χ4v) is 4.31. The largest absolute Gasteiger partial charge is 0.435 e. The second-order valence-corrected chi connectivity index (χ2v) is 8.48. The van der Waals surface area contributed by atoms with Gasteiger partial charge in [0.1, 0.15) is 10.6 Å². The van der Waals surface area contributed by atoms with Gasteiger partial charge < -0.3 is 10.6 Å². The van der Waals surface area contributed by atoms with Crippen molar-refractivity contribution in [3.05, 3.63) is 82.1 Å². The average molecular weight is 490 g/mol. The Hall–Kier alpha value is -3.73. The van der Waals surface area contributed by atoms with Crippen LogP contribution in [0.15, 0.2) is 54.6 Å². The van der Waals surface area contributed by atoms with E-state index in [0.717, 1.165) is 23.0 Å². The summed E-state index contributed by atoms with van der Waals surface area (Å²) in [4.78, 5) is 24.8. The predicted octanol–water partition coefficient (Wildman–Crippen LogP) is 4.71. The van der Waals surface area contributed by atoms with E-state index in [1.807, 2.05) is 6.92 Å². The van der Waals surface area contributed by atoms with Gasteiger partial charge in [-0.05, 0) is 43.3 Å². The molecule has 0 fully saturated rings. The number of nitrogens with zero attached hydrogens (tertiary/aromatic N) is 2. The molecule has 2 aromatic heterocycles. The van der Waals surface area contributed by atoms with Crippen molar-refractivity contribution in [3.63, 3.8) is 0 Å². The van der Waals surface area contributed by atoms with Crippen LogP contribution in [0.1, 0.15) is 31.3 Å². The first-order chi connectivity index (χ1) is 16.1. The van der Waals surface area contributed by atoms with Crippen LogP contribution in [0, 0.1) is 12.7 Å². The van der Waals surface area contributed by atoms with Gasteiger partial charge in [0.25, 0.3) is 11.8 Å². The van der Waals surface area contributed by atoms with Crippen molar-refractivity contribution in [1.82, 2.24) is 20.4 Å². The molecule has 0 radical (unpaired) electrons. The second kappa shape index (κ2) is 9.26. The third-order valence-corrected chi connectivity index (χ3v) is 6.02. The lowest BCUT2D eigenvalue weighted by atomic mass is 10.2. The number of fused-ring (bicyclic) bond motifs is 1. The van der Waals surface area contributed by atoms with Gasteiger partial charge in [0, 0.05) is 24.0 Å². The number of aromatic nitrogens is 2. The number of thiophene rings is 1. The molecule has 2 amide bonds. The second-order valence-electron chi connectivity index (χ2n) is 7.45. The lowest BCUT2D eigenvalue weighted by Gasteiger charge is -2.07. The summed E-state index contributed by atoms with van der Waals surface area (Å²) in [6.45, 7) is 1.94. The first-order valence-electron chi connectivity index (χ1n) is 10.1. The topological polar surface area (TPSA) is 76.0 Å². The van der Waals surface area contributed by atoms with Gasteiger partial charge in [0.2, 0.25) is 0 Å². The minimum absolute atomic E-state index is 0.0321. The summed E-state index contributed by atoms with van der Waals surface area (Å²) < 4.78 is 55.1. The number of nitrogens with one attached hydrogen (secondary N) is 2. The van der Waals surface area contributed by atoms with E-state index in [2.05, 4.69) is 15.7 Å². The van der Waals surface area contributed by atoms with Crippen molar-refractivity contribution in [2.75, 3.05) is 13.1 Å². The van der Waals surface area contributed by atoms with Gasteiger partial charge in [0.15, 0.2) is 5.69 Å². The molecule has 2 heterocycles. The Bertz CT molecular complexity index is 1360. The first-order valence-corrected chi connectivity index (χ1v) is 10.9. The summed E-state index contributed by atoms with van der Waals surface area (Å²) in [6, 6.07) is 13.1. The SMILES string of the molecule is Cc1ccc(-n2nc(C(F)(F)F)c3cc(C(=O)NCCNC(=O)c4cccc(F)c4)sc32)cc1. The fourth-order valence-electron chi connectivity index (χ4n) is 3.26. The Balaban J connectivity index is 1.49. The van der Waals surface area contributed by atoms with Crippen molar-refractivity contribution in [2.45, 2.75) is 13.1 Å². The van der Waals surface area contributed by atoms with Gasteiger partial charge in [-0.2, -0.15) is 18.3 Å². The maximum Gasteiger partial charge on any atom is 0.435 e. The highest BCUT2D eigenvalue weighted by molar-refractivity contribution is 7.20. The van der Waals surface area contributed by atoms with Gasteiger partial charge in [-0.1, -0.05) is 23.8 Å². The Morgan fingerprint density at radius 3 is 2.32 bits per heavy atom. The molecule has 176 valence electrons. The molecule has 4 aromatic rings. The first kappa shape index (κ1) is 23.4. The smallest absolute Gasteiger partial charge is 0.350 e. The van der Waals surface area contributed by atoms with E-state index in [9.17, 15) is 27.2 Å². The Labute approximate surface area is 195 Å². The lowest BCUT2D eigenvalue weighted by Crippen LogP contribution is -2.34. The lowest BCUT2D eigenvalue weighted by molar-refractivity contribution is -0.140. The molecular formula is C23H18F4N4O2S. The molecule has 0 bridgehead atoms. The minimum Gasteiger partial charge on any atom is -0.350 e. The number of rotatable bonds is 6. The molecule has 0 spiro atoms. The highest BCUT2D eigenvalue weighted by Gasteiger charge is 2.38. The summed E-state index contributed by atoms with van der Waals surface area (Å²) in [5.74, 6) is -1.64. The number of benzene rings is 2. The van der Waals surface area contributed by atoms with E-state index in [1.165, 1.54) is 28.9 Å². The normalized spacial score (nSPS) is 11.6. The maximum atomic E-state index is 13.6. The van der Waals surface area contributed by atoms with E-state index in [-0.39, 0.29) is 33.7 Å². The number of carbonyl (C=O) groups is 2. The molecule has 0 atom stereocenters. The van der Waals surface area contributed by atoms with E-state index in [1.54, 1.807) is 24.3 Å². The molecule has 34 heavy (non-hydrogen) atoms. The van der Waals surface area contributed by atoms with E-state index < -0.39 is 29.5 Å². The number of aryl methyl sites for hydroxylation is 1. The van der Waals surface area contributed by atoms with Gasteiger partial charge in [0.05, 0.1) is 10.6 Å². The third kappa shape index (κ3) is 4.93. The molecular weight excluding hydrogens is 472 g/mol. The zero-order chi connectivity index (χ0) is 24.5. The summed E-state index contributed by atoms with van der Waals surface area (Å²) >= 11 is 0.890. The number of carbonyl (C=O) groups excluding carboxylic acids is 2. The highest BCUT2D eigenvalue weighted by Crippen LogP contribution is 2.38. The summed E-state index contributed by atoms with van der Waals surface area (Å²) in [5, 5.41) is 8.69. The van der Waals surface area contributed by atoms with Crippen LogP contribution in [0.3, 0.4) is 0 Å². The predicted molar refractivity (Wildman–Crippen MR) is 120 cm³/mol. The fraction of sp³-hybridized carbons (Fsp3) is 0.174. The van der Waals surface area contributed by atoms with E-state index in [4.69, 9.17) is 0 Å². The number of hydrogen-bond donors (Lipinski definition) is 2. The average Bonchev–Trinajstić information content (AvgIpc) is 3.36. The van der Waals surface area contributed by atoms with Crippen LogP contribution < -0.4 is 10.6 Å². The molecule has 2 N–H and O–H groups in total. The van der Waals surface area contributed by atoms with E-state index in [0.29, 0.717) is 5.69 Å². The molecule has 0 aliphatic carbocycles. The highest BCUT2D eigenvalue weighted by atomic mass is 32.1. The maximum absolute atomic E-state index is 13.6. The number of halogens is 4.